The van der Waals surface area contributed by atoms with Gasteiger partial charge in [0.15, 0.2) is 11.0 Å². The molecular weight excluding hydrogens is 462 g/mol. The molecule has 2 amide bonds. The summed E-state index contributed by atoms with van der Waals surface area (Å²) in [6.45, 7) is 5.46. The third-order valence-corrected chi connectivity index (χ3v) is 6.12. The summed E-state index contributed by atoms with van der Waals surface area (Å²) in [5.41, 5.74) is 4.85. The number of thioether (sulfide) groups is 1. The number of para-hydroxylation sites is 1. The molecule has 35 heavy (non-hydrogen) atoms. The van der Waals surface area contributed by atoms with E-state index in [-0.39, 0.29) is 23.3 Å². The van der Waals surface area contributed by atoms with Gasteiger partial charge in [0.2, 0.25) is 11.8 Å². The van der Waals surface area contributed by atoms with Gasteiger partial charge in [0.1, 0.15) is 5.75 Å². The summed E-state index contributed by atoms with van der Waals surface area (Å²) in [6.07, 6.45) is 0. The molecule has 1 heterocycles. The van der Waals surface area contributed by atoms with Crippen molar-refractivity contribution >= 4 is 35.0 Å². The number of nitrogens with one attached hydrogen (secondary N) is 2. The number of aryl methyl sites for hydroxylation is 2. The van der Waals surface area contributed by atoms with E-state index >= 15 is 0 Å². The summed E-state index contributed by atoms with van der Waals surface area (Å²) in [6, 6.07) is 19.9. The van der Waals surface area contributed by atoms with Crippen molar-refractivity contribution in [3.05, 3.63) is 77.9 Å². The second-order valence-corrected chi connectivity index (χ2v) is 8.99. The number of rotatable bonds is 7. The molecule has 0 fully saturated rings. The molecule has 0 atom stereocenters. The van der Waals surface area contributed by atoms with Crippen LogP contribution in [0.25, 0.3) is 17.1 Å². The molecule has 1 aromatic heterocycles. The molecule has 0 unspecified atom stereocenters. The highest BCUT2D eigenvalue weighted by molar-refractivity contribution is 7.99. The number of aromatic nitrogens is 3. The molecule has 0 saturated heterocycles. The van der Waals surface area contributed by atoms with Gasteiger partial charge in [-0.15, -0.1) is 10.2 Å². The number of aromatic hydroxyl groups is 1. The van der Waals surface area contributed by atoms with Crippen LogP contribution in [0.5, 0.6) is 5.75 Å². The summed E-state index contributed by atoms with van der Waals surface area (Å²) >= 11 is 1.25. The highest BCUT2D eigenvalue weighted by Gasteiger charge is 2.20. The number of phenols is 1. The molecule has 8 nitrogen and oxygen atoms in total. The molecule has 0 radical (unpaired) electrons. The van der Waals surface area contributed by atoms with Crippen LogP contribution in [0.4, 0.5) is 11.4 Å². The summed E-state index contributed by atoms with van der Waals surface area (Å²) in [7, 11) is 0. The van der Waals surface area contributed by atoms with E-state index in [9.17, 15) is 14.7 Å². The lowest BCUT2D eigenvalue weighted by atomic mass is 10.1. The SMILES string of the molecule is CC(=O)Nc1ccc(NC(=O)CSc2nnc(-c3ccccc3O)n2-c2ccc(C)cc2C)cc1. The Bertz CT molecular complexity index is 1380. The number of carbonyl (C=O) groups excluding carboxylic acids is 2. The van der Waals surface area contributed by atoms with Gasteiger partial charge in [-0.2, -0.15) is 0 Å². The normalized spacial score (nSPS) is 10.7. The fourth-order valence-electron chi connectivity index (χ4n) is 3.64. The van der Waals surface area contributed by atoms with E-state index in [1.54, 1.807) is 42.5 Å². The van der Waals surface area contributed by atoms with Gasteiger partial charge in [0.05, 0.1) is 17.0 Å². The number of hydrogen-bond donors (Lipinski definition) is 3. The number of anilines is 2. The van der Waals surface area contributed by atoms with Crippen LogP contribution in [-0.2, 0) is 9.59 Å². The van der Waals surface area contributed by atoms with Crippen molar-refractivity contribution in [2.24, 2.45) is 0 Å². The van der Waals surface area contributed by atoms with Crippen molar-refractivity contribution in [3.8, 4) is 22.8 Å². The quantitative estimate of drug-likeness (QED) is 0.319. The van der Waals surface area contributed by atoms with Gasteiger partial charge < -0.3 is 15.7 Å². The highest BCUT2D eigenvalue weighted by atomic mass is 32.2. The van der Waals surface area contributed by atoms with E-state index in [1.165, 1.54) is 18.7 Å². The standard InChI is InChI=1S/C26H25N5O3S/c1-16-8-13-22(17(2)14-16)31-25(21-6-4-5-7-23(21)33)29-30-26(31)35-15-24(34)28-20-11-9-19(10-12-20)27-18(3)32/h4-14,33H,15H2,1-3H3,(H,27,32)(H,28,34). The Balaban J connectivity index is 1.57. The maximum absolute atomic E-state index is 12.6. The first-order chi connectivity index (χ1) is 16.8. The second-order valence-electron chi connectivity index (χ2n) is 8.04. The van der Waals surface area contributed by atoms with E-state index in [1.807, 2.05) is 36.6 Å². The van der Waals surface area contributed by atoms with Gasteiger partial charge in [-0.1, -0.05) is 41.6 Å². The van der Waals surface area contributed by atoms with Crippen molar-refractivity contribution < 1.29 is 14.7 Å². The zero-order chi connectivity index (χ0) is 24.9. The predicted molar refractivity (Wildman–Crippen MR) is 138 cm³/mol. The largest absolute Gasteiger partial charge is 0.507 e. The number of carbonyl (C=O) groups is 2. The first-order valence-corrected chi connectivity index (χ1v) is 11.9. The molecule has 0 aliphatic carbocycles. The number of phenolic OH excluding ortho intramolecular Hbond substituents is 1. The van der Waals surface area contributed by atoms with Crippen molar-refractivity contribution in [1.29, 1.82) is 0 Å². The molecule has 4 rings (SSSR count). The number of amides is 2. The highest BCUT2D eigenvalue weighted by Crippen LogP contribution is 2.33. The minimum Gasteiger partial charge on any atom is -0.507 e. The third kappa shape index (κ3) is 5.70. The second kappa shape index (κ2) is 10.4. The zero-order valence-electron chi connectivity index (χ0n) is 19.6. The van der Waals surface area contributed by atoms with Gasteiger partial charge in [-0.25, -0.2) is 0 Å². The van der Waals surface area contributed by atoms with Crippen molar-refractivity contribution in [3.63, 3.8) is 0 Å². The van der Waals surface area contributed by atoms with Crippen LogP contribution in [-0.4, -0.2) is 37.4 Å². The van der Waals surface area contributed by atoms with E-state index in [0.717, 1.165) is 16.8 Å². The molecule has 0 aliphatic rings. The Hall–Kier alpha value is -4.11. The van der Waals surface area contributed by atoms with Gasteiger partial charge >= 0.3 is 0 Å². The van der Waals surface area contributed by atoms with E-state index in [4.69, 9.17) is 0 Å². The van der Waals surface area contributed by atoms with Gasteiger partial charge in [0, 0.05) is 18.3 Å². The molecule has 178 valence electrons. The van der Waals surface area contributed by atoms with Crippen molar-refractivity contribution in [2.75, 3.05) is 16.4 Å². The lowest BCUT2D eigenvalue weighted by molar-refractivity contribution is -0.114. The molecule has 0 spiro atoms. The van der Waals surface area contributed by atoms with Crippen LogP contribution in [0.15, 0.2) is 71.9 Å². The Morgan fingerprint density at radius 2 is 1.63 bits per heavy atom. The molecule has 9 heteroatoms. The van der Waals surface area contributed by atoms with Crippen LogP contribution in [0.1, 0.15) is 18.1 Å². The lowest BCUT2D eigenvalue weighted by Gasteiger charge is -2.14. The summed E-state index contributed by atoms with van der Waals surface area (Å²) in [4.78, 5) is 23.8. The Labute approximate surface area is 207 Å². The average Bonchev–Trinajstić information content (AvgIpc) is 3.22. The van der Waals surface area contributed by atoms with E-state index < -0.39 is 0 Å². The molecular formula is C26H25N5O3S. The molecule has 0 bridgehead atoms. The summed E-state index contributed by atoms with van der Waals surface area (Å²) < 4.78 is 1.87. The number of hydrogen-bond acceptors (Lipinski definition) is 6. The van der Waals surface area contributed by atoms with Crippen LogP contribution in [0.3, 0.4) is 0 Å². The van der Waals surface area contributed by atoms with Crippen LogP contribution in [0.2, 0.25) is 0 Å². The molecule has 0 saturated carbocycles. The maximum atomic E-state index is 12.6. The minimum absolute atomic E-state index is 0.0999. The molecule has 4 aromatic rings. The third-order valence-electron chi connectivity index (χ3n) is 5.19. The minimum atomic E-state index is -0.207. The van der Waals surface area contributed by atoms with Crippen molar-refractivity contribution in [1.82, 2.24) is 14.8 Å². The monoisotopic (exact) mass is 487 g/mol. The number of nitrogens with zero attached hydrogens (tertiary/aromatic N) is 3. The van der Waals surface area contributed by atoms with Gasteiger partial charge in [-0.3, -0.25) is 14.2 Å². The average molecular weight is 488 g/mol. The first kappa shape index (κ1) is 24.0. The lowest BCUT2D eigenvalue weighted by Crippen LogP contribution is -2.15. The summed E-state index contributed by atoms with van der Waals surface area (Å²) in [5, 5.41) is 25.2. The van der Waals surface area contributed by atoms with Gasteiger partial charge in [-0.05, 0) is 61.9 Å². The van der Waals surface area contributed by atoms with Crippen LogP contribution in [0, 0.1) is 13.8 Å². The fourth-order valence-corrected chi connectivity index (χ4v) is 4.39. The molecule has 3 N–H and O–H groups in total. The molecule has 0 aliphatic heterocycles. The smallest absolute Gasteiger partial charge is 0.234 e. The fraction of sp³-hybridized carbons (Fsp3) is 0.154. The Morgan fingerprint density at radius 3 is 2.29 bits per heavy atom. The van der Waals surface area contributed by atoms with Crippen LogP contribution >= 0.6 is 11.8 Å². The Morgan fingerprint density at radius 1 is 0.943 bits per heavy atom. The topological polar surface area (TPSA) is 109 Å². The maximum Gasteiger partial charge on any atom is 0.234 e. The van der Waals surface area contributed by atoms with Crippen molar-refractivity contribution in [2.45, 2.75) is 25.9 Å². The first-order valence-electron chi connectivity index (χ1n) is 10.9. The zero-order valence-corrected chi connectivity index (χ0v) is 20.4. The summed E-state index contributed by atoms with van der Waals surface area (Å²) in [5.74, 6) is 0.336. The Kier molecular flexibility index (Phi) is 7.17. The predicted octanol–water partition coefficient (Wildman–Crippen LogP) is 4.95. The van der Waals surface area contributed by atoms with E-state index in [2.05, 4.69) is 26.9 Å². The molecule has 3 aromatic carbocycles. The number of benzene rings is 3. The van der Waals surface area contributed by atoms with Gasteiger partial charge in [0.25, 0.3) is 0 Å². The van der Waals surface area contributed by atoms with E-state index in [0.29, 0.717) is 27.9 Å². The van der Waals surface area contributed by atoms with Crippen LogP contribution < -0.4 is 10.6 Å².